The van der Waals surface area contributed by atoms with Crippen molar-refractivity contribution < 1.29 is 18.7 Å². The number of amides is 1. The molecule has 0 bridgehead atoms. The van der Waals surface area contributed by atoms with E-state index in [0.717, 1.165) is 29.7 Å². The van der Waals surface area contributed by atoms with Crippen molar-refractivity contribution in [1.29, 1.82) is 0 Å². The standard InChI is InChI=1S/C19H22FNO3/c1-12-11-16(13(2)24-12)17(22)7-10-21-18(23)19(8-9-19)14-3-5-15(20)6-4-14/h3-6,11,17,22H,7-10H2,1-2H3,(H,21,23). The highest BCUT2D eigenvalue weighted by molar-refractivity contribution is 5.91. The van der Waals surface area contributed by atoms with Gasteiger partial charge < -0.3 is 14.8 Å². The van der Waals surface area contributed by atoms with Crippen LogP contribution in [0.15, 0.2) is 34.7 Å². The highest BCUT2D eigenvalue weighted by Crippen LogP contribution is 2.48. The van der Waals surface area contributed by atoms with E-state index in [1.807, 2.05) is 19.9 Å². The lowest BCUT2D eigenvalue weighted by atomic mass is 9.95. The lowest BCUT2D eigenvalue weighted by molar-refractivity contribution is -0.123. The van der Waals surface area contributed by atoms with E-state index in [4.69, 9.17) is 4.42 Å². The Morgan fingerprint density at radius 3 is 2.54 bits per heavy atom. The summed E-state index contributed by atoms with van der Waals surface area (Å²) in [6.45, 7) is 4.04. The summed E-state index contributed by atoms with van der Waals surface area (Å²) in [5.41, 5.74) is 1.09. The first kappa shape index (κ1) is 16.7. The molecule has 1 aromatic carbocycles. The Hall–Kier alpha value is -2.14. The van der Waals surface area contributed by atoms with Crippen LogP contribution in [0, 0.1) is 19.7 Å². The molecule has 5 heteroatoms. The SMILES string of the molecule is Cc1cc(C(O)CCNC(=O)C2(c3ccc(F)cc3)CC2)c(C)o1. The molecule has 2 N–H and O–H groups in total. The molecule has 24 heavy (non-hydrogen) atoms. The van der Waals surface area contributed by atoms with Crippen LogP contribution in [0.25, 0.3) is 0 Å². The van der Waals surface area contributed by atoms with Crippen molar-refractivity contribution in [2.75, 3.05) is 6.54 Å². The summed E-state index contributed by atoms with van der Waals surface area (Å²) >= 11 is 0. The van der Waals surface area contributed by atoms with E-state index in [2.05, 4.69) is 5.32 Å². The van der Waals surface area contributed by atoms with Crippen LogP contribution < -0.4 is 5.32 Å². The van der Waals surface area contributed by atoms with E-state index >= 15 is 0 Å². The molecular formula is C19H22FNO3. The molecule has 2 aromatic rings. The topological polar surface area (TPSA) is 62.5 Å². The Kier molecular flexibility index (Phi) is 4.45. The molecule has 0 radical (unpaired) electrons. The van der Waals surface area contributed by atoms with Gasteiger partial charge in [0.05, 0.1) is 11.5 Å². The minimum atomic E-state index is -0.663. The fourth-order valence-electron chi connectivity index (χ4n) is 3.17. The van der Waals surface area contributed by atoms with Gasteiger partial charge in [-0.3, -0.25) is 4.79 Å². The number of hydrogen-bond acceptors (Lipinski definition) is 3. The highest BCUT2D eigenvalue weighted by atomic mass is 19.1. The van der Waals surface area contributed by atoms with E-state index < -0.39 is 11.5 Å². The van der Waals surface area contributed by atoms with Crippen molar-refractivity contribution >= 4 is 5.91 Å². The largest absolute Gasteiger partial charge is 0.466 e. The fourth-order valence-corrected chi connectivity index (χ4v) is 3.17. The average Bonchev–Trinajstić information content (AvgIpc) is 3.28. The maximum absolute atomic E-state index is 13.0. The molecule has 128 valence electrons. The van der Waals surface area contributed by atoms with E-state index in [0.29, 0.717) is 18.7 Å². The van der Waals surface area contributed by atoms with Crippen LogP contribution in [0.5, 0.6) is 0 Å². The number of halogens is 1. The van der Waals surface area contributed by atoms with Crippen molar-refractivity contribution in [1.82, 2.24) is 5.32 Å². The van der Waals surface area contributed by atoms with E-state index in [1.165, 1.54) is 12.1 Å². The Balaban J connectivity index is 1.56. The molecule has 1 heterocycles. The van der Waals surface area contributed by atoms with Crippen LogP contribution in [0.3, 0.4) is 0 Å². The summed E-state index contributed by atoms with van der Waals surface area (Å²) in [4.78, 5) is 12.5. The Bertz CT molecular complexity index is 732. The number of aliphatic hydroxyl groups is 1. The minimum Gasteiger partial charge on any atom is -0.466 e. The highest BCUT2D eigenvalue weighted by Gasteiger charge is 2.51. The minimum absolute atomic E-state index is 0.0543. The molecule has 1 fully saturated rings. The molecule has 1 amide bonds. The van der Waals surface area contributed by atoms with E-state index in [1.54, 1.807) is 12.1 Å². The van der Waals surface area contributed by atoms with Gasteiger partial charge in [-0.1, -0.05) is 12.1 Å². The first-order chi connectivity index (χ1) is 11.4. The summed E-state index contributed by atoms with van der Waals surface area (Å²) in [5.74, 6) is 1.11. The molecule has 3 rings (SSSR count). The zero-order valence-corrected chi connectivity index (χ0v) is 13.9. The zero-order valence-electron chi connectivity index (χ0n) is 13.9. The first-order valence-corrected chi connectivity index (χ1v) is 8.22. The molecule has 1 aromatic heterocycles. The van der Waals surface area contributed by atoms with Crippen molar-refractivity contribution in [3.63, 3.8) is 0 Å². The van der Waals surface area contributed by atoms with Gasteiger partial charge >= 0.3 is 0 Å². The Morgan fingerprint density at radius 1 is 1.33 bits per heavy atom. The van der Waals surface area contributed by atoms with Gasteiger partial charge in [-0.15, -0.1) is 0 Å². The van der Waals surface area contributed by atoms with Crippen LogP contribution >= 0.6 is 0 Å². The molecule has 1 saturated carbocycles. The molecule has 1 aliphatic carbocycles. The summed E-state index contributed by atoms with van der Waals surface area (Å²) in [6.07, 6.45) is 1.30. The number of benzene rings is 1. The van der Waals surface area contributed by atoms with Gasteiger partial charge in [0.25, 0.3) is 0 Å². The molecular weight excluding hydrogens is 309 g/mol. The quantitative estimate of drug-likeness (QED) is 0.854. The summed E-state index contributed by atoms with van der Waals surface area (Å²) in [6, 6.07) is 7.94. The summed E-state index contributed by atoms with van der Waals surface area (Å²) < 4.78 is 18.5. The van der Waals surface area contributed by atoms with Gasteiger partial charge in [0.1, 0.15) is 17.3 Å². The van der Waals surface area contributed by atoms with Crippen molar-refractivity contribution in [3.05, 3.63) is 58.8 Å². The number of nitrogens with one attached hydrogen (secondary N) is 1. The average molecular weight is 331 g/mol. The number of rotatable bonds is 6. The third-order valence-corrected chi connectivity index (χ3v) is 4.72. The zero-order chi connectivity index (χ0) is 17.3. The predicted molar refractivity (Wildman–Crippen MR) is 88.1 cm³/mol. The van der Waals surface area contributed by atoms with Crippen LogP contribution in [-0.4, -0.2) is 17.6 Å². The van der Waals surface area contributed by atoms with Crippen LogP contribution in [0.2, 0.25) is 0 Å². The van der Waals surface area contributed by atoms with Gasteiger partial charge in [-0.25, -0.2) is 4.39 Å². The lowest BCUT2D eigenvalue weighted by Gasteiger charge is -2.17. The normalized spacial score (nSPS) is 16.7. The van der Waals surface area contributed by atoms with Gasteiger partial charge in [0.15, 0.2) is 0 Å². The van der Waals surface area contributed by atoms with E-state index in [9.17, 15) is 14.3 Å². The summed E-state index contributed by atoms with van der Waals surface area (Å²) in [5, 5.41) is 13.1. The van der Waals surface area contributed by atoms with Crippen LogP contribution in [0.4, 0.5) is 4.39 Å². The second-order valence-corrected chi connectivity index (χ2v) is 6.52. The molecule has 0 saturated heterocycles. The number of aliphatic hydroxyl groups excluding tert-OH is 1. The first-order valence-electron chi connectivity index (χ1n) is 8.22. The second-order valence-electron chi connectivity index (χ2n) is 6.52. The van der Waals surface area contributed by atoms with Gasteiger partial charge in [-0.05, 0) is 56.9 Å². The van der Waals surface area contributed by atoms with Crippen molar-refractivity contribution in [2.45, 2.75) is 44.6 Å². The molecule has 0 aliphatic heterocycles. The fraction of sp³-hybridized carbons (Fsp3) is 0.421. The van der Waals surface area contributed by atoms with E-state index in [-0.39, 0.29) is 11.7 Å². The number of aryl methyl sites for hydroxylation is 2. The lowest BCUT2D eigenvalue weighted by Crippen LogP contribution is -2.35. The molecule has 1 unspecified atom stereocenters. The van der Waals surface area contributed by atoms with Gasteiger partial charge in [-0.2, -0.15) is 0 Å². The number of hydrogen-bond donors (Lipinski definition) is 2. The monoisotopic (exact) mass is 331 g/mol. The Morgan fingerprint density at radius 2 is 2.00 bits per heavy atom. The third kappa shape index (κ3) is 3.22. The maximum atomic E-state index is 13.0. The van der Waals surface area contributed by atoms with Crippen LogP contribution in [-0.2, 0) is 10.2 Å². The molecule has 4 nitrogen and oxygen atoms in total. The smallest absolute Gasteiger partial charge is 0.230 e. The Labute approximate surface area is 140 Å². The molecule has 0 spiro atoms. The maximum Gasteiger partial charge on any atom is 0.230 e. The van der Waals surface area contributed by atoms with Crippen molar-refractivity contribution in [2.24, 2.45) is 0 Å². The third-order valence-electron chi connectivity index (χ3n) is 4.72. The number of furan rings is 1. The van der Waals surface area contributed by atoms with Crippen molar-refractivity contribution in [3.8, 4) is 0 Å². The summed E-state index contributed by atoms with van der Waals surface area (Å²) in [7, 11) is 0. The molecule has 1 atom stereocenters. The van der Waals surface area contributed by atoms with Gasteiger partial charge in [0.2, 0.25) is 5.91 Å². The van der Waals surface area contributed by atoms with Gasteiger partial charge in [0, 0.05) is 12.1 Å². The number of carbonyl (C=O) groups excluding carboxylic acids is 1. The van der Waals surface area contributed by atoms with Crippen LogP contribution in [0.1, 0.15) is 48.0 Å². The number of carbonyl (C=O) groups is 1. The molecule has 1 aliphatic rings. The predicted octanol–water partition coefficient (Wildman–Crippen LogP) is 3.31. The second kappa shape index (κ2) is 6.40.